The highest BCUT2D eigenvalue weighted by Crippen LogP contribution is 2.40. The van der Waals surface area contributed by atoms with Gasteiger partial charge in [0.2, 0.25) is 0 Å². The van der Waals surface area contributed by atoms with E-state index in [2.05, 4.69) is 20.5 Å². The molecule has 2 bridgehead atoms. The standard InChI is InChI=1S/C22H25FN6O/c1-22-8-7-14(25-22)11-18(21(22)23)28(2)20-6-5-17(26-27-20)16-4-3-15(12-19(16)30)29-10-9-24-13-29/h3-6,9-10,12-14,18,21,25,30H,7-8,11H2,1-2H3/t14?,18-,21+,22+/m0/s1. The molecule has 1 aromatic carbocycles. The van der Waals surface area contributed by atoms with Crippen LogP contribution in [0.1, 0.15) is 26.2 Å². The molecule has 2 aliphatic heterocycles. The summed E-state index contributed by atoms with van der Waals surface area (Å²) in [5.41, 5.74) is 1.51. The maximum atomic E-state index is 15.2. The number of aromatic hydroxyl groups is 1. The largest absolute Gasteiger partial charge is 0.507 e. The first-order valence-electron chi connectivity index (χ1n) is 10.2. The van der Waals surface area contributed by atoms with E-state index in [4.69, 9.17) is 0 Å². The molecule has 2 aliphatic rings. The molecule has 4 heterocycles. The Morgan fingerprint density at radius 2 is 2.13 bits per heavy atom. The Morgan fingerprint density at radius 1 is 1.27 bits per heavy atom. The second kappa shape index (κ2) is 7.05. The third kappa shape index (κ3) is 3.11. The topological polar surface area (TPSA) is 79.1 Å². The lowest BCUT2D eigenvalue weighted by Crippen LogP contribution is -2.62. The molecular formula is C22H25FN6O. The Labute approximate surface area is 174 Å². The number of anilines is 1. The average Bonchev–Trinajstić information content (AvgIpc) is 3.40. The van der Waals surface area contributed by atoms with Crippen LogP contribution in [0.5, 0.6) is 5.75 Å². The minimum Gasteiger partial charge on any atom is -0.507 e. The molecule has 156 valence electrons. The smallest absolute Gasteiger partial charge is 0.151 e. The number of nitrogens with zero attached hydrogens (tertiary/aromatic N) is 5. The van der Waals surface area contributed by atoms with Gasteiger partial charge >= 0.3 is 0 Å². The predicted molar refractivity (Wildman–Crippen MR) is 113 cm³/mol. The number of fused-ring (bicyclic) bond motifs is 2. The molecule has 0 spiro atoms. The number of imidazole rings is 1. The van der Waals surface area contributed by atoms with Gasteiger partial charge in [-0.3, -0.25) is 0 Å². The van der Waals surface area contributed by atoms with Crippen LogP contribution in [0.25, 0.3) is 16.9 Å². The number of hydrogen-bond acceptors (Lipinski definition) is 6. The molecule has 7 nitrogen and oxygen atoms in total. The van der Waals surface area contributed by atoms with Gasteiger partial charge < -0.3 is 19.9 Å². The number of phenolic OH excluding ortho intramolecular Hbond substituents is 1. The normalized spacial score (nSPS) is 27.9. The molecule has 0 amide bonds. The van der Waals surface area contributed by atoms with Crippen molar-refractivity contribution in [3.05, 3.63) is 49.1 Å². The predicted octanol–water partition coefficient (Wildman–Crippen LogP) is 3.09. The molecule has 3 aromatic rings. The summed E-state index contributed by atoms with van der Waals surface area (Å²) in [4.78, 5) is 5.92. The summed E-state index contributed by atoms with van der Waals surface area (Å²) in [6, 6.07) is 9.13. The summed E-state index contributed by atoms with van der Waals surface area (Å²) in [6.45, 7) is 1.97. The summed E-state index contributed by atoms with van der Waals surface area (Å²) in [6.07, 6.45) is 6.83. The van der Waals surface area contributed by atoms with Gasteiger partial charge in [-0.05, 0) is 50.5 Å². The van der Waals surface area contributed by atoms with Gasteiger partial charge in [-0.2, -0.15) is 0 Å². The fraction of sp³-hybridized carbons (Fsp3) is 0.409. The lowest BCUT2D eigenvalue weighted by Gasteiger charge is -2.44. The van der Waals surface area contributed by atoms with E-state index in [1.54, 1.807) is 24.7 Å². The number of phenols is 1. The Hall–Kier alpha value is -3.00. The van der Waals surface area contributed by atoms with Crippen molar-refractivity contribution >= 4 is 5.82 Å². The maximum absolute atomic E-state index is 15.2. The summed E-state index contributed by atoms with van der Waals surface area (Å²) >= 11 is 0. The van der Waals surface area contributed by atoms with Crippen LogP contribution < -0.4 is 10.2 Å². The van der Waals surface area contributed by atoms with Crippen molar-refractivity contribution in [2.45, 2.75) is 50.0 Å². The van der Waals surface area contributed by atoms with Crippen molar-refractivity contribution < 1.29 is 9.50 Å². The van der Waals surface area contributed by atoms with Crippen molar-refractivity contribution in [2.75, 3.05) is 11.9 Å². The molecule has 2 aromatic heterocycles. The molecule has 8 heteroatoms. The maximum Gasteiger partial charge on any atom is 0.151 e. The number of aromatic nitrogens is 4. The Morgan fingerprint density at radius 3 is 2.83 bits per heavy atom. The van der Waals surface area contributed by atoms with Gasteiger partial charge in [0.15, 0.2) is 5.82 Å². The second-order valence-corrected chi connectivity index (χ2v) is 8.56. The third-order valence-electron chi connectivity index (χ3n) is 6.59. The first-order valence-corrected chi connectivity index (χ1v) is 10.2. The molecular weight excluding hydrogens is 383 g/mol. The van der Waals surface area contributed by atoms with E-state index in [1.165, 1.54) is 0 Å². The van der Waals surface area contributed by atoms with Crippen LogP contribution in [0.15, 0.2) is 49.1 Å². The zero-order valence-corrected chi connectivity index (χ0v) is 17.0. The van der Waals surface area contributed by atoms with Crippen molar-refractivity contribution in [1.82, 2.24) is 25.1 Å². The highest BCUT2D eigenvalue weighted by molar-refractivity contribution is 5.69. The van der Waals surface area contributed by atoms with Crippen LogP contribution in [0, 0.1) is 0 Å². The first kappa shape index (κ1) is 19.0. The van der Waals surface area contributed by atoms with Crippen LogP contribution in [0.4, 0.5) is 10.2 Å². The third-order valence-corrected chi connectivity index (χ3v) is 6.59. The van der Waals surface area contributed by atoms with Crippen LogP contribution in [0.3, 0.4) is 0 Å². The molecule has 2 N–H and O–H groups in total. The quantitative estimate of drug-likeness (QED) is 0.691. The zero-order chi connectivity index (χ0) is 20.9. The molecule has 2 fully saturated rings. The lowest BCUT2D eigenvalue weighted by atomic mass is 9.86. The lowest BCUT2D eigenvalue weighted by molar-refractivity contribution is 0.111. The van der Waals surface area contributed by atoms with Crippen molar-refractivity contribution in [2.24, 2.45) is 0 Å². The van der Waals surface area contributed by atoms with Crippen molar-refractivity contribution in [3.8, 4) is 22.7 Å². The molecule has 0 saturated carbocycles. The molecule has 5 rings (SSSR count). The molecule has 1 unspecified atom stereocenters. The Kier molecular flexibility index (Phi) is 4.47. The minimum absolute atomic E-state index is 0.114. The van der Waals surface area contributed by atoms with Gasteiger partial charge in [-0.1, -0.05) is 0 Å². The van der Waals surface area contributed by atoms with Gasteiger partial charge in [0.05, 0.1) is 23.8 Å². The van der Waals surface area contributed by atoms with E-state index in [-0.39, 0.29) is 11.8 Å². The van der Waals surface area contributed by atoms with Gasteiger partial charge in [0.25, 0.3) is 0 Å². The first-order chi connectivity index (χ1) is 14.4. The van der Waals surface area contributed by atoms with Gasteiger partial charge in [-0.15, -0.1) is 10.2 Å². The number of nitrogens with one attached hydrogen (secondary N) is 1. The van der Waals surface area contributed by atoms with Crippen LogP contribution >= 0.6 is 0 Å². The molecule has 0 radical (unpaired) electrons. The molecule has 0 aliphatic carbocycles. The number of halogens is 1. The summed E-state index contributed by atoms with van der Waals surface area (Å²) in [5, 5.41) is 22.6. The summed E-state index contributed by atoms with van der Waals surface area (Å²) < 4.78 is 17.0. The minimum atomic E-state index is -0.970. The van der Waals surface area contributed by atoms with Crippen LogP contribution in [-0.2, 0) is 0 Å². The number of rotatable bonds is 4. The number of benzene rings is 1. The average molecular weight is 408 g/mol. The summed E-state index contributed by atoms with van der Waals surface area (Å²) in [5.74, 6) is 0.745. The van der Waals surface area contributed by atoms with Gasteiger partial charge in [0.1, 0.15) is 11.9 Å². The number of alkyl halides is 1. The fourth-order valence-electron chi connectivity index (χ4n) is 4.80. The SMILES string of the molecule is CN(c1ccc(-c2ccc(-n3ccnc3)cc2O)nn1)[C@H]1CC2CC[C@@](C)(N2)[C@@H]1F. The van der Waals surface area contributed by atoms with Crippen molar-refractivity contribution in [1.29, 1.82) is 0 Å². The summed E-state index contributed by atoms with van der Waals surface area (Å²) in [7, 11) is 1.88. The van der Waals surface area contributed by atoms with Crippen LogP contribution in [-0.4, -0.2) is 55.7 Å². The highest BCUT2D eigenvalue weighted by Gasteiger charge is 2.51. The Bertz CT molecular complexity index is 1040. The second-order valence-electron chi connectivity index (χ2n) is 8.56. The van der Waals surface area contributed by atoms with E-state index in [0.717, 1.165) is 24.9 Å². The van der Waals surface area contributed by atoms with Gasteiger partial charge in [-0.25, -0.2) is 9.37 Å². The highest BCUT2D eigenvalue weighted by atomic mass is 19.1. The molecule has 4 atom stereocenters. The van der Waals surface area contributed by atoms with E-state index in [1.807, 2.05) is 47.8 Å². The molecule has 30 heavy (non-hydrogen) atoms. The van der Waals surface area contributed by atoms with Crippen LogP contribution in [0.2, 0.25) is 0 Å². The van der Waals surface area contributed by atoms with Gasteiger partial charge in [0, 0.05) is 42.7 Å². The van der Waals surface area contributed by atoms with Crippen molar-refractivity contribution in [3.63, 3.8) is 0 Å². The molecule has 2 saturated heterocycles. The monoisotopic (exact) mass is 408 g/mol. The van der Waals surface area contributed by atoms with E-state index >= 15 is 4.39 Å². The van der Waals surface area contributed by atoms with E-state index < -0.39 is 11.7 Å². The fourth-order valence-corrected chi connectivity index (χ4v) is 4.80. The van der Waals surface area contributed by atoms with E-state index in [0.29, 0.717) is 23.1 Å². The number of piperidine rings is 1. The number of hydrogen-bond donors (Lipinski definition) is 2. The van der Waals surface area contributed by atoms with E-state index in [9.17, 15) is 5.11 Å². The zero-order valence-electron chi connectivity index (χ0n) is 17.0. The Balaban J connectivity index is 1.37.